The fourth-order valence-corrected chi connectivity index (χ4v) is 1.49. The predicted molar refractivity (Wildman–Crippen MR) is 59.9 cm³/mol. The van der Waals surface area contributed by atoms with Crippen molar-refractivity contribution < 1.29 is 4.79 Å². The van der Waals surface area contributed by atoms with Crippen molar-refractivity contribution in [1.29, 1.82) is 0 Å². The fourth-order valence-electron chi connectivity index (χ4n) is 1.49. The zero-order valence-corrected chi connectivity index (χ0v) is 9.51. The molecule has 0 aliphatic heterocycles. The van der Waals surface area contributed by atoms with Crippen molar-refractivity contribution in [3.8, 4) is 0 Å². The number of anilines is 1. The number of aryl methyl sites for hydroxylation is 1. The SMILES string of the molecule is CC(NC(=O)c1c(N)cnn1C)c1ncn[nH]1. The van der Waals surface area contributed by atoms with Crippen LogP contribution in [0.2, 0.25) is 0 Å². The average molecular weight is 235 g/mol. The molecule has 17 heavy (non-hydrogen) atoms. The molecule has 0 aliphatic carbocycles. The van der Waals surface area contributed by atoms with Crippen LogP contribution >= 0.6 is 0 Å². The van der Waals surface area contributed by atoms with E-state index in [0.717, 1.165) is 0 Å². The molecule has 0 radical (unpaired) electrons. The van der Waals surface area contributed by atoms with Crippen LogP contribution in [-0.4, -0.2) is 30.9 Å². The summed E-state index contributed by atoms with van der Waals surface area (Å²) in [6.45, 7) is 1.80. The van der Waals surface area contributed by atoms with Gasteiger partial charge in [-0.15, -0.1) is 0 Å². The normalized spacial score (nSPS) is 12.4. The quantitative estimate of drug-likeness (QED) is 0.670. The number of rotatable bonds is 3. The number of carbonyl (C=O) groups is 1. The van der Waals surface area contributed by atoms with Gasteiger partial charge in [-0.1, -0.05) is 0 Å². The van der Waals surface area contributed by atoms with Gasteiger partial charge in [-0.2, -0.15) is 10.2 Å². The maximum atomic E-state index is 11.9. The van der Waals surface area contributed by atoms with Crippen LogP contribution in [0.25, 0.3) is 0 Å². The number of nitrogens with one attached hydrogen (secondary N) is 2. The van der Waals surface area contributed by atoms with Gasteiger partial charge in [-0.25, -0.2) is 4.98 Å². The average Bonchev–Trinajstić information content (AvgIpc) is 2.88. The third kappa shape index (κ3) is 2.10. The Hall–Kier alpha value is -2.38. The van der Waals surface area contributed by atoms with E-state index in [1.165, 1.54) is 17.2 Å². The molecular weight excluding hydrogens is 222 g/mol. The van der Waals surface area contributed by atoms with E-state index < -0.39 is 0 Å². The van der Waals surface area contributed by atoms with E-state index in [0.29, 0.717) is 17.2 Å². The van der Waals surface area contributed by atoms with Crippen molar-refractivity contribution in [2.45, 2.75) is 13.0 Å². The Morgan fingerprint density at radius 1 is 1.65 bits per heavy atom. The number of nitrogens with two attached hydrogens (primary N) is 1. The van der Waals surface area contributed by atoms with E-state index in [4.69, 9.17) is 5.73 Å². The highest BCUT2D eigenvalue weighted by molar-refractivity contribution is 5.97. The number of aromatic amines is 1. The van der Waals surface area contributed by atoms with Crippen LogP contribution in [0.3, 0.4) is 0 Å². The monoisotopic (exact) mass is 235 g/mol. The largest absolute Gasteiger partial charge is 0.396 e. The molecule has 0 saturated carbocycles. The molecule has 1 amide bonds. The lowest BCUT2D eigenvalue weighted by atomic mass is 10.3. The van der Waals surface area contributed by atoms with E-state index in [2.05, 4.69) is 25.6 Å². The van der Waals surface area contributed by atoms with Gasteiger partial charge in [0.05, 0.1) is 17.9 Å². The number of hydrogen-bond donors (Lipinski definition) is 3. The first-order valence-corrected chi connectivity index (χ1v) is 5.03. The first kappa shape index (κ1) is 11.1. The highest BCUT2D eigenvalue weighted by atomic mass is 16.2. The van der Waals surface area contributed by atoms with Gasteiger partial charge in [0.2, 0.25) is 0 Å². The van der Waals surface area contributed by atoms with E-state index in [1.54, 1.807) is 14.0 Å². The molecule has 2 aromatic heterocycles. The Morgan fingerprint density at radius 2 is 2.41 bits per heavy atom. The summed E-state index contributed by atoms with van der Waals surface area (Å²) in [7, 11) is 1.66. The third-order valence-electron chi connectivity index (χ3n) is 2.37. The van der Waals surface area contributed by atoms with Gasteiger partial charge in [0, 0.05) is 7.05 Å². The number of hydrogen-bond acceptors (Lipinski definition) is 5. The summed E-state index contributed by atoms with van der Waals surface area (Å²) in [5.74, 6) is 0.283. The van der Waals surface area contributed by atoms with Crippen molar-refractivity contribution in [1.82, 2.24) is 30.3 Å². The van der Waals surface area contributed by atoms with Gasteiger partial charge in [-0.3, -0.25) is 14.6 Å². The van der Waals surface area contributed by atoms with E-state index in [9.17, 15) is 4.79 Å². The van der Waals surface area contributed by atoms with Gasteiger partial charge >= 0.3 is 0 Å². The zero-order valence-electron chi connectivity index (χ0n) is 9.51. The molecule has 0 saturated heterocycles. The van der Waals surface area contributed by atoms with Gasteiger partial charge in [0.15, 0.2) is 0 Å². The zero-order chi connectivity index (χ0) is 12.4. The number of nitrogens with zero attached hydrogens (tertiary/aromatic N) is 4. The molecular formula is C9H13N7O. The summed E-state index contributed by atoms with van der Waals surface area (Å²) in [6.07, 6.45) is 2.82. The van der Waals surface area contributed by atoms with Gasteiger partial charge in [0.1, 0.15) is 17.8 Å². The second-order valence-corrected chi connectivity index (χ2v) is 3.64. The van der Waals surface area contributed by atoms with Crippen LogP contribution < -0.4 is 11.1 Å². The third-order valence-corrected chi connectivity index (χ3v) is 2.37. The molecule has 0 aromatic carbocycles. The number of amides is 1. The first-order valence-electron chi connectivity index (χ1n) is 5.03. The Morgan fingerprint density at radius 3 is 2.94 bits per heavy atom. The summed E-state index contributed by atoms with van der Waals surface area (Å²) in [5.41, 5.74) is 6.33. The smallest absolute Gasteiger partial charge is 0.272 e. The summed E-state index contributed by atoms with van der Waals surface area (Å²) >= 11 is 0. The molecule has 0 fully saturated rings. The van der Waals surface area contributed by atoms with Crippen LogP contribution in [0.5, 0.6) is 0 Å². The standard InChI is InChI=1S/C9H13N7O/c1-5(8-11-4-12-15-8)14-9(17)7-6(10)3-13-16(7)2/h3-5H,10H2,1-2H3,(H,14,17)(H,11,12,15). The van der Waals surface area contributed by atoms with Gasteiger partial charge in [-0.05, 0) is 6.92 Å². The molecule has 1 atom stereocenters. The van der Waals surface area contributed by atoms with Crippen molar-refractivity contribution in [3.63, 3.8) is 0 Å². The first-order chi connectivity index (χ1) is 8.09. The Labute approximate surface area is 97.2 Å². The molecule has 8 heteroatoms. The number of aromatic nitrogens is 5. The van der Waals surface area contributed by atoms with Gasteiger partial charge in [0.25, 0.3) is 5.91 Å². The second-order valence-electron chi connectivity index (χ2n) is 3.64. The van der Waals surface area contributed by atoms with E-state index in [1.807, 2.05) is 0 Å². The lowest BCUT2D eigenvalue weighted by Crippen LogP contribution is -2.29. The fraction of sp³-hybridized carbons (Fsp3) is 0.333. The topological polar surface area (TPSA) is 115 Å². The lowest BCUT2D eigenvalue weighted by Gasteiger charge is -2.11. The van der Waals surface area contributed by atoms with Crippen LogP contribution in [0.4, 0.5) is 5.69 Å². The minimum atomic E-state index is -0.300. The maximum Gasteiger partial charge on any atom is 0.272 e. The number of carbonyl (C=O) groups excluding carboxylic acids is 1. The Bertz CT molecular complexity index is 496. The van der Waals surface area contributed by atoms with Crippen molar-refractivity contribution in [2.75, 3.05) is 5.73 Å². The summed E-state index contributed by atoms with van der Waals surface area (Å²) in [6, 6.07) is -0.278. The molecule has 2 rings (SSSR count). The van der Waals surface area contributed by atoms with E-state index in [-0.39, 0.29) is 11.9 Å². The summed E-state index contributed by atoms with van der Waals surface area (Å²) in [5, 5.41) is 13.1. The highest BCUT2D eigenvalue weighted by Gasteiger charge is 2.18. The number of H-pyrrole nitrogens is 1. The minimum Gasteiger partial charge on any atom is -0.396 e. The summed E-state index contributed by atoms with van der Waals surface area (Å²) < 4.78 is 1.43. The highest BCUT2D eigenvalue weighted by Crippen LogP contribution is 2.11. The van der Waals surface area contributed by atoms with E-state index >= 15 is 0 Å². The maximum absolute atomic E-state index is 11.9. The van der Waals surface area contributed by atoms with Crippen molar-refractivity contribution in [2.24, 2.45) is 7.05 Å². The summed E-state index contributed by atoms with van der Waals surface area (Å²) in [4.78, 5) is 15.9. The van der Waals surface area contributed by atoms with Crippen molar-refractivity contribution >= 4 is 11.6 Å². The predicted octanol–water partition coefficient (Wildman–Crippen LogP) is -0.389. The Kier molecular flexibility index (Phi) is 2.77. The molecule has 0 bridgehead atoms. The second kappa shape index (κ2) is 4.24. The lowest BCUT2D eigenvalue weighted by molar-refractivity contribution is 0.0930. The molecule has 0 spiro atoms. The molecule has 1 unspecified atom stereocenters. The molecule has 2 aromatic rings. The molecule has 0 aliphatic rings. The number of nitrogen functional groups attached to an aromatic ring is 1. The van der Waals surface area contributed by atoms with Crippen molar-refractivity contribution in [3.05, 3.63) is 24.0 Å². The Balaban J connectivity index is 2.12. The molecule has 8 nitrogen and oxygen atoms in total. The molecule has 4 N–H and O–H groups in total. The van der Waals surface area contributed by atoms with Crippen LogP contribution in [0, 0.1) is 0 Å². The van der Waals surface area contributed by atoms with Crippen LogP contribution in [0.1, 0.15) is 29.3 Å². The molecule has 2 heterocycles. The minimum absolute atomic E-state index is 0.278. The van der Waals surface area contributed by atoms with Gasteiger partial charge < -0.3 is 11.1 Å². The molecule has 90 valence electrons. The van der Waals surface area contributed by atoms with Crippen LogP contribution in [0.15, 0.2) is 12.5 Å². The van der Waals surface area contributed by atoms with Crippen LogP contribution in [-0.2, 0) is 7.05 Å².